The molecule has 0 aliphatic carbocycles. The number of methoxy groups -OCH3 is 1. The summed E-state index contributed by atoms with van der Waals surface area (Å²) in [6, 6.07) is 5.56. The molecule has 0 aliphatic heterocycles. The van der Waals surface area contributed by atoms with Gasteiger partial charge in [-0.15, -0.1) is 0 Å². The topological polar surface area (TPSA) is 64.3 Å². The number of amides is 1. The first-order valence-corrected chi connectivity index (χ1v) is 6.50. The van der Waals surface area contributed by atoms with Crippen molar-refractivity contribution < 1.29 is 9.53 Å². The monoisotopic (exact) mass is 274 g/mol. The smallest absolute Gasteiger partial charge is 0.252 e. The SMILES string of the molecule is COCC(C)(C)NC(=O)c1cc(C#CCN)ccc1C. The van der Waals surface area contributed by atoms with E-state index in [1.165, 1.54) is 0 Å². The number of ether oxygens (including phenoxy) is 1. The molecule has 4 heteroatoms. The number of hydrogen-bond acceptors (Lipinski definition) is 3. The fourth-order valence-corrected chi connectivity index (χ4v) is 1.87. The van der Waals surface area contributed by atoms with Gasteiger partial charge in [0.2, 0.25) is 0 Å². The van der Waals surface area contributed by atoms with Crippen LogP contribution in [0.1, 0.15) is 35.3 Å². The number of rotatable bonds is 4. The summed E-state index contributed by atoms with van der Waals surface area (Å²) in [6.45, 7) is 6.49. The molecule has 1 aromatic carbocycles. The van der Waals surface area contributed by atoms with E-state index in [4.69, 9.17) is 10.5 Å². The first-order valence-electron chi connectivity index (χ1n) is 6.50. The number of carbonyl (C=O) groups is 1. The van der Waals surface area contributed by atoms with E-state index in [0.717, 1.165) is 11.1 Å². The summed E-state index contributed by atoms with van der Waals surface area (Å²) in [5.74, 6) is 5.60. The largest absolute Gasteiger partial charge is 0.382 e. The highest BCUT2D eigenvalue weighted by molar-refractivity contribution is 5.96. The molecule has 0 aliphatic rings. The predicted octanol–water partition coefficient (Wildman–Crippen LogP) is 1.46. The molecule has 0 aromatic heterocycles. The number of benzene rings is 1. The minimum Gasteiger partial charge on any atom is -0.382 e. The summed E-state index contributed by atoms with van der Waals surface area (Å²) in [4.78, 5) is 12.3. The number of nitrogens with two attached hydrogens (primary N) is 1. The van der Waals surface area contributed by atoms with Crippen LogP contribution in [-0.2, 0) is 4.74 Å². The van der Waals surface area contributed by atoms with Crippen LogP contribution in [0.3, 0.4) is 0 Å². The van der Waals surface area contributed by atoms with E-state index in [9.17, 15) is 4.79 Å². The molecule has 108 valence electrons. The number of carbonyl (C=O) groups excluding carboxylic acids is 1. The third kappa shape index (κ3) is 4.69. The summed E-state index contributed by atoms with van der Waals surface area (Å²) in [7, 11) is 1.61. The van der Waals surface area contributed by atoms with Crippen molar-refractivity contribution in [2.75, 3.05) is 20.3 Å². The fourth-order valence-electron chi connectivity index (χ4n) is 1.87. The number of aryl methyl sites for hydroxylation is 1. The van der Waals surface area contributed by atoms with Gasteiger partial charge in [-0.05, 0) is 38.5 Å². The second kappa shape index (κ2) is 7.09. The Bertz CT molecular complexity index is 539. The van der Waals surface area contributed by atoms with Crippen LogP contribution in [0.5, 0.6) is 0 Å². The van der Waals surface area contributed by atoms with Gasteiger partial charge in [-0.25, -0.2) is 0 Å². The Labute approximate surface area is 120 Å². The zero-order valence-electron chi connectivity index (χ0n) is 12.5. The highest BCUT2D eigenvalue weighted by atomic mass is 16.5. The zero-order valence-corrected chi connectivity index (χ0v) is 12.5. The maximum atomic E-state index is 12.3. The van der Waals surface area contributed by atoms with Crippen LogP contribution in [0.25, 0.3) is 0 Å². The van der Waals surface area contributed by atoms with Crippen LogP contribution in [0, 0.1) is 18.8 Å². The number of hydrogen-bond donors (Lipinski definition) is 2. The Kier molecular flexibility index (Phi) is 5.75. The van der Waals surface area contributed by atoms with Crippen molar-refractivity contribution in [2.24, 2.45) is 5.73 Å². The summed E-state index contributed by atoms with van der Waals surface area (Å²) in [6.07, 6.45) is 0. The average Bonchev–Trinajstić information content (AvgIpc) is 2.36. The molecule has 0 radical (unpaired) electrons. The first kappa shape index (κ1) is 16.2. The molecule has 1 aromatic rings. The van der Waals surface area contributed by atoms with Crippen LogP contribution in [0.2, 0.25) is 0 Å². The molecule has 0 spiro atoms. The maximum absolute atomic E-state index is 12.3. The molecule has 1 amide bonds. The van der Waals surface area contributed by atoms with Gasteiger partial charge in [-0.2, -0.15) is 0 Å². The van der Waals surface area contributed by atoms with Gasteiger partial charge in [-0.1, -0.05) is 17.9 Å². The van der Waals surface area contributed by atoms with Gasteiger partial charge in [-0.3, -0.25) is 4.79 Å². The van der Waals surface area contributed by atoms with Crippen LogP contribution < -0.4 is 11.1 Å². The van der Waals surface area contributed by atoms with Gasteiger partial charge in [0.25, 0.3) is 5.91 Å². The molecule has 3 N–H and O–H groups in total. The van der Waals surface area contributed by atoms with E-state index in [2.05, 4.69) is 17.2 Å². The lowest BCUT2D eigenvalue weighted by molar-refractivity contribution is 0.0819. The second-order valence-corrected chi connectivity index (χ2v) is 5.31. The Morgan fingerprint density at radius 3 is 2.75 bits per heavy atom. The van der Waals surface area contributed by atoms with E-state index in [1.807, 2.05) is 32.9 Å². The highest BCUT2D eigenvalue weighted by Crippen LogP contribution is 2.13. The molecule has 0 heterocycles. The molecule has 0 saturated heterocycles. The predicted molar refractivity (Wildman–Crippen MR) is 80.5 cm³/mol. The van der Waals surface area contributed by atoms with E-state index in [-0.39, 0.29) is 5.91 Å². The van der Waals surface area contributed by atoms with E-state index < -0.39 is 5.54 Å². The van der Waals surface area contributed by atoms with Gasteiger partial charge in [0.15, 0.2) is 0 Å². The molecule has 0 fully saturated rings. The highest BCUT2D eigenvalue weighted by Gasteiger charge is 2.21. The lowest BCUT2D eigenvalue weighted by atomic mass is 10.0. The quantitative estimate of drug-likeness (QED) is 0.817. The molecule has 0 atom stereocenters. The summed E-state index contributed by atoms with van der Waals surface area (Å²) >= 11 is 0. The van der Waals surface area contributed by atoms with Crippen LogP contribution in [0.4, 0.5) is 0 Å². The average molecular weight is 274 g/mol. The van der Waals surface area contributed by atoms with E-state index in [1.54, 1.807) is 13.2 Å². The molecule has 0 saturated carbocycles. The Hall–Kier alpha value is -1.83. The summed E-state index contributed by atoms with van der Waals surface area (Å²) in [5, 5.41) is 2.96. The standard InChI is InChI=1S/C16H22N2O2/c1-12-7-8-13(6-5-9-17)10-14(12)15(19)18-16(2,3)11-20-4/h7-8,10H,9,11,17H2,1-4H3,(H,18,19). The van der Waals surface area contributed by atoms with Gasteiger partial charge in [0, 0.05) is 18.2 Å². The van der Waals surface area contributed by atoms with Crippen molar-refractivity contribution >= 4 is 5.91 Å². The molecule has 20 heavy (non-hydrogen) atoms. The Balaban J connectivity index is 2.97. The van der Waals surface area contributed by atoms with Gasteiger partial charge >= 0.3 is 0 Å². The number of nitrogens with one attached hydrogen (secondary N) is 1. The van der Waals surface area contributed by atoms with E-state index >= 15 is 0 Å². The summed E-state index contributed by atoms with van der Waals surface area (Å²) < 4.78 is 5.10. The Morgan fingerprint density at radius 1 is 1.45 bits per heavy atom. The molecule has 1 rings (SSSR count). The molecular formula is C16H22N2O2. The van der Waals surface area contributed by atoms with Crippen molar-refractivity contribution in [1.82, 2.24) is 5.32 Å². The normalized spacial score (nSPS) is 10.7. The minimum atomic E-state index is -0.419. The first-order chi connectivity index (χ1) is 9.39. The third-order valence-electron chi connectivity index (χ3n) is 2.77. The second-order valence-electron chi connectivity index (χ2n) is 5.31. The summed E-state index contributed by atoms with van der Waals surface area (Å²) in [5.41, 5.74) is 7.26. The molecular weight excluding hydrogens is 252 g/mol. The molecule has 0 bridgehead atoms. The lowest BCUT2D eigenvalue weighted by Crippen LogP contribution is -2.47. The maximum Gasteiger partial charge on any atom is 0.252 e. The fraction of sp³-hybridized carbons (Fsp3) is 0.438. The minimum absolute atomic E-state index is 0.124. The van der Waals surface area contributed by atoms with Crippen molar-refractivity contribution in [3.8, 4) is 11.8 Å². The molecule has 0 unspecified atom stereocenters. The van der Waals surface area contributed by atoms with Crippen molar-refractivity contribution in [3.05, 3.63) is 34.9 Å². The third-order valence-corrected chi connectivity index (χ3v) is 2.77. The van der Waals surface area contributed by atoms with Crippen molar-refractivity contribution in [2.45, 2.75) is 26.3 Å². The lowest BCUT2D eigenvalue weighted by Gasteiger charge is -2.25. The van der Waals surface area contributed by atoms with Crippen LogP contribution in [0.15, 0.2) is 18.2 Å². The van der Waals surface area contributed by atoms with Crippen LogP contribution >= 0.6 is 0 Å². The van der Waals surface area contributed by atoms with Crippen LogP contribution in [-0.4, -0.2) is 31.7 Å². The van der Waals surface area contributed by atoms with Gasteiger partial charge < -0.3 is 15.8 Å². The van der Waals surface area contributed by atoms with Gasteiger partial charge in [0.05, 0.1) is 18.7 Å². The zero-order chi connectivity index (χ0) is 15.2. The van der Waals surface area contributed by atoms with Crippen molar-refractivity contribution in [1.29, 1.82) is 0 Å². The van der Waals surface area contributed by atoms with Crippen molar-refractivity contribution in [3.63, 3.8) is 0 Å². The molecule has 4 nitrogen and oxygen atoms in total. The Morgan fingerprint density at radius 2 is 2.15 bits per heavy atom. The van der Waals surface area contributed by atoms with Gasteiger partial charge in [0.1, 0.15) is 0 Å². The van der Waals surface area contributed by atoms with E-state index in [0.29, 0.717) is 18.7 Å².